The third-order valence-corrected chi connectivity index (χ3v) is 8.79. The average Bonchev–Trinajstić information content (AvgIpc) is 3.16. The van der Waals surface area contributed by atoms with Crippen molar-refractivity contribution in [2.75, 3.05) is 13.2 Å². The first kappa shape index (κ1) is 30.1. The molecular formula is C27H32N3O8PS. The highest BCUT2D eigenvalue weighted by atomic mass is 32.5. The maximum Gasteiger partial charge on any atom is 0.330 e. The molecule has 214 valence electrons. The van der Waals surface area contributed by atoms with Gasteiger partial charge < -0.3 is 28.7 Å². The Morgan fingerprint density at radius 1 is 1.23 bits per heavy atom. The lowest BCUT2D eigenvalue weighted by Crippen LogP contribution is -2.48. The zero-order chi connectivity index (χ0) is 29.1. The Balaban J connectivity index is 1.60. The van der Waals surface area contributed by atoms with Gasteiger partial charge in [0.1, 0.15) is 18.0 Å². The molecule has 13 heteroatoms. The van der Waals surface area contributed by atoms with Gasteiger partial charge in [-0.05, 0) is 44.0 Å². The Labute approximate surface area is 236 Å². The molecule has 0 bridgehead atoms. The number of fused-ring (bicyclic) bond motifs is 1. The molecule has 1 saturated heterocycles. The molecule has 0 radical (unpaired) electrons. The lowest BCUT2D eigenvalue weighted by atomic mass is 9.95. The van der Waals surface area contributed by atoms with Gasteiger partial charge in [-0.25, -0.2) is 9.88 Å². The number of hydrogen-bond acceptors (Lipinski definition) is 9. The molecule has 0 saturated carbocycles. The molecule has 0 aliphatic carbocycles. The number of hydrogen-bond donors (Lipinski definition) is 4. The number of nitrogens with zero attached hydrogens (tertiary/aromatic N) is 1. The fraction of sp³-hybridized carbons (Fsp3) is 0.407. The van der Waals surface area contributed by atoms with E-state index in [0.717, 1.165) is 27.6 Å². The summed E-state index contributed by atoms with van der Waals surface area (Å²) in [6.45, 7) is 2.36. The van der Waals surface area contributed by atoms with E-state index in [1.807, 2.05) is 57.2 Å². The average molecular weight is 590 g/mol. The molecule has 1 aliphatic heterocycles. The standard InChI is InChI=1S/C27H32N3O8PS/c1-5-27(34)24(32)22(37-25(27)30-14-13-23(31)28-26(30)33)16-36-39(40,29-18(4)15-35-17(2)3)38-21-12-8-10-19-9-6-7-11-20(19)21/h1,6-14,17-18,22,24-25,32,34H,15-16H2,2-4H3,(H,29,40)(H,28,31,33). The summed E-state index contributed by atoms with van der Waals surface area (Å²) < 4.78 is 24.9. The van der Waals surface area contributed by atoms with Crippen molar-refractivity contribution in [3.63, 3.8) is 0 Å². The fourth-order valence-corrected chi connectivity index (χ4v) is 6.78. The molecule has 4 N–H and O–H groups in total. The zero-order valence-corrected chi connectivity index (χ0v) is 23.9. The Morgan fingerprint density at radius 3 is 2.65 bits per heavy atom. The first-order valence-electron chi connectivity index (χ1n) is 12.6. The maximum atomic E-state index is 12.4. The number of H-pyrrole nitrogens is 1. The third-order valence-electron chi connectivity index (χ3n) is 6.25. The second-order valence-electron chi connectivity index (χ2n) is 9.73. The second kappa shape index (κ2) is 12.3. The summed E-state index contributed by atoms with van der Waals surface area (Å²) in [6, 6.07) is 14.0. The molecule has 4 rings (SSSR count). The van der Waals surface area contributed by atoms with Crippen LogP contribution in [-0.4, -0.2) is 62.9 Å². The van der Waals surface area contributed by atoms with E-state index >= 15 is 0 Å². The van der Waals surface area contributed by atoms with E-state index in [1.54, 1.807) is 6.07 Å². The highest BCUT2D eigenvalue weighted by Gasteiger charge is 2.56. The van der Waals surface area contributed by atoms with Gasteiger partial charge in [-0.1, -0.05) is 42.3 Å². The molecule has 1 aliphatic rings. The van der Waals surface area contributed by atoms with Gasteiger partial charge in [0.25, 0.3) is 5.56 Å². The van der Waals surface area contributed by atoms with E-state index in [1.165, 1.54) is 0 Å². The van der Waals surface area contributed by atoms with E-state index in [2.05, 4.69) is 16.0 Å². The maximum absolute atomic E-state index is 12.4. The lowest BCUT2D eigenvalue weighted by molar-refractivity contribution is -0.0754. The Bertz CT molecular complexity index is 1550. The molecule has 6 unspecified atom stereocenters. The van der Waals surface area contributed by atoms with Crippen LogP contribution in [0.2, 0.25) is 0 Å². The van der Waals surface area contributed by atoms with Crippen LogP contribution in [0.15, 0.2) is 64.3 Å². The first-order chi connectivity index (χ1) is 19.0. The van der Waals surface area contributed by atoms with Crippen LogP contribution in [0, 0.1) is 12.3 Å². The van der Waals surface area contributed by atoms with Crippen molar-refractivity contribution in [1.29, 1.82) is 0 Å². The van der Waals surface area contributed by atoms with E-state index in [-0.39, 0.29) is 18.8 Å². The Hall–Kier alpha value is -2.85. The molecule has 1 fully saturated rings. The van der Waals surface area contributed by atoms with Crippen molar-refractivity contribution in [2.45, 2.75) is 57.0 Å². The number of aromatic nitrogens is 2. The Morgan fingerprint density at radius 2 is 1.95 bits per heavy atom. The summed E-state index contributed by atoms with van der Waals surface area (Å²) in [6.07, 6.45) is 2.31. The third kappa shape index (κ3) is 6.54. The zero-order valence-electron chi connectivity index (χ0n) is 22.2. The van der Waals surface area contributed by atoms with Gasteiger partial charge in [-0.2, -0.15) is 0 Å². The minimum absolute atomic E-state index is 0.00116. The van der Waals surface area contributed by atoms with Crippen LogP contribution in [-0.2, 0) is 25.8 Å². The number of aliphatic hydroxyl groups is 2. The molecule has 0 amide bonds. The predicted octanol–water partition coefficient (Wildman–Crippen LogP) is 2.04. The summed E-state index contributed by atoms with van der Waals surface area (Å²) >= 11 is 5.88. The van der Waals surface area contributed by atoms with Crippen molar-refractivity contribution in [3.05, 3.63) is 75.6 Å². The summed E-state index contributed by atoms with van der Waals surface area (Å²) in [7, 11) is 0. The normalized spacial score (nSPS) is 25.0. The van der Waals surface area contributed by atoms with Gasteiger partial charge in [0, 0.05) is 23.7 Å². The first-order valence-corrected chi connectivity index (χ1v) is 15.3. The summed E-state index contributed by atoms with van der Waals surface area (Å²) in [5.74, 6) is 2.62. The van der Waals surface area contributed by atoms with Crippen LogP contribution in [0.1, 0.15) is 27.0 Å². The number of rotatable bonds is 11. The molecule has 40 heavy (non-hydrogen) atoms. The van der Waals surface area contributed by atoms with Gasteiger partial charge in [0.15, 0.2) is 11.8 Å². The van der Waals surface area contributed by atoms with Crippen LogP contribution in [0.25, 0.3) is 10.8 Å². The number of nitrogens with one attached hydrogen (secondary N) is 2. The minimum Gasteiger partial charge on any atom is -0.432 e. The number of benzene rings is 2. The van der Waals surface area contributed by atoms with E-state index < -0.39 is 41.9 Å². The molecule has 6 atom stereocenters. The Kier molecular flexibility index (Phi) is 9.29. The second-order valence-corrected chi connectivity index (χ2v) is 12.9. The summed E-state index contributed by atoms with van der Waals surface area (Å²) in [5, 5.41) is 27.0. The van der Waals surface area contributed by atoms with E-state index in [0.29, 0.717) is 12.4 Å². The van der Waals surface area contributed by atoms with E-state index in [9.17, 15) is 19.8 Å². The molecule has 2 aromatic carbocycles. The van der Waals surface area contributed by atoms with Crippen LogP contribution in [0.4, 0.5) is 0 Å². The number of aliphatic hydroxyl groups excluding tert-OH is 1. The largest absolute Gasteiger partial charge is 0.432 e. The van der Waals surface area contributed by atoms with Crippen molar-refractivity contribution in [2.24, 2.45) is 0 Å². The minimum atomic E-state index is -3.34. The predicted molar refractivity (Wildman–Crippen MR) is 154 cm³/mol. The van der Waals surface area contributed by atoms with Crippen LogP contribution in [0.3, 0.4) is 0 Å². The smallest absolute Gasteiger partial charge is 0.330 e. The van der Waals surface area contributed by atoms with E-state index in [4.69, 9.17) is 36.8 Å². The molecule has 11 nitrogen and oxygen atoms in total. The number of ether oxygens (including phenoxy) is 2. The molecule has 3 aromatic rings. The van der Waals surface area contributed by atoms with Gasteiger partial charge in [-0.3, -0.25) is 14.3 Å². The monoisotopic (exact) mass is 589 g/mol. The number of aromatic amines is 1. The highest BCUT2D eigenvalue weighted by molar-refractivity contribution is 8.09. The summed E-state index contributed by atoms with van der Waals surface area (Å²) in [4.78, 5) is 26.0. The molecule has 0 spiro atoms. The highest BCUT2D eigenvalue weighted by Crippen LogP contribution is 2.48. The molecular weight excluding hydrogens is 557 g/mol. The number of terminal acetylenes is 1. The fourth-order valence-electron chi connectivity index (χ4n) is 4.26. The quantitative estimate of drug-likeness (QED) is 0.194. The van der Waals surface area contributed by atoms with Crippen LogP contribution < -0.4 is 20.9 Å². The topological polar surface area (TPSA) is 144 Å². The van der Waals surface area contributed by atoms with Crippen molar-refractivity contribution in [1.82, 2.24) is 14.6 Å². The molecule has 2 heterocycles. The van der Waals surface area contributed by atoms with Gasteiger partial charge in [0.2, 0.25) is 0 Å². The summed E-state index contributed by atoms with van der Waals surface area (Å²) in [5.41, 5.74) is -3.82. The van der Waals surface area contributed by atoms with Gasteiger partial charge >= 0.3 is 12.3 Å². The lowest BCUT2D eigenvalue weighted by Gasteiger charge is -2.29. The van der Waals surface area contributed by atoms with Crippen molar-refractivity contribution >= 4 is 29.2 Å². The van der Waals surface area contributed by atoms with Crippen LogP contribution in [0.5, 0.6) is 5.75 Å². The SMILES string of the molecule is C#CC1(O)C(O)C(COP(=S)(NC(C)COC(C)C)Oc2cccc3ccccc23)OC1n1ccc(=O)[nH]c1=O. The van der Waals surface area contributed by atoms with Gasteiger partial charge in [-0.15, -0.1) is 6.42 Å². The van der Waals surface area contributed by atoms with Gasteiger partial charge in [0.05, 0.1) is 19.3 Å². The van der Waals surface area contributed by atoms with Crippen molar-refractivity contribution in [3.8, 4) is 18.1 Å². The molecule has 1 aromatic heterocycles. The van der Waals surface area contributed by atoms with Crippen LogP contribution >= 0.6 is 6.64 Å². The van der Waals surface area contributed by atoms with Crippen molar-refractivity contribution < 1.29 is 28.7 Å².